The van der Waals surface area contributed by atoms with Crippen LogP contribution in [-0.4, -0.2) is 41.2 Å². The number of thiophene rings is 1. The van der Waals surface area contributed by atoms with Gasteiger partial charge in [0, 0.05) is 18.0 Å². The first-order valence-corrected chi connectivity index (χ1v) is 8.02. The Morgan fingerprint density at radius 3 is 3.20 bits per heavy atom. The van der Waals surface area contributed by atoms with Crippen molar-refractivity contribution in [1.82, 2.24) is 20.4 Å². The second-order valence-corrected chi connectivity index (χ2v) is 6.15. The van der Waals surface area contributed by atoms with Gasteiger partial charge in [-0.05, 0) is 37.9 Å². The van der Waals surface area contributed by atoms with E-state index < -0.39 is 0 Å². The maximum Gasteiger partial charge on any atom is 0.258 e. The number of likely N-dealkylation sites (N-methyl/N-ethyl adjacent to an activating group) is 1. The maximum atomic E-state index is 5.30. The van der Waals surface area contributed by atoms with Gasteiger partial charge in [-0.1, -0.05) is 11.6 Å². The maximum absolute atomic E-state index is 5.30. The van der Waals surface area contributed by atoms with Crippen molar-refractivity contribution in [3.63, 3.8) is 0 Å². The molecule has 3 heterocycles. The van der Waals surface area contributed by atoms with Gasteiger partial charge >= 0.3 is 0 Å². The fourth-order valence-corrected chi connectivity index (χ4v) is 3.21. The summed E-state index contributed by atoms with van der Waals surface area (Å²) in [6.07, 6.45) is 3.89. The summed E-state index contributed by atoms with van der Waals surface area (Å²) in [7, 11) is 2.11. The van der Waals surface area contributed by atoms with Gasteiger partial charge in [0.25, 0.3) is 5.89 Å². The minimum atomic E-state index is 0.594. The predicted molar refractivity (Wildman–Crippen MR) is 79.6 cm³/mol. The molecule has 108 valence electrons. The van der Waals surface area contributed by atoms with E-state index >= 15 is 0 Å². The highest BCUT2D eigenvalue weighted by molar-refractivity contribution is 7.08. The Kier molecular flexibility index (Phi) is 4.44. The van der Waals surface area contributed by atoms with Crippen molar-refractivity contribution < 1.29 is 4.52 Å². The molecule has 0 aromatic carbocycles. The zero-order chi connectivity index (χ0) is 13.8. The summed E-state index contributed by atoms with van der Waals surface area (Å²) >= 11 is 1.63. The SMILES string of the molecule is CN(Cc1noc(-c2ccsc2)n1)CC1CCCCN1. The molecule has 0 radical (unpaired) electrons. The Labute approximate surface area is 123 Å². The van der Waals surface area contributed by atoms with Gasteiger partial charge in [-0.3, -0.25) is 4.90 Å². The van der Waals surface area contributed by atoms with Crippen molar-refractivity contribution in [2.75, 3.05) is 20.1 Å². The third kappa shape index (κ3) is 3.45. The highest BCUT2D eigenvalue weighted by atomic mass is 32.1. The van der Waals surface area contributed by atoms with Crippen molar-refractivity contribution in [3.8, 4) is 11.5 Å². The normalized spacial score (nSPS) is 19.6. The third-order valence-corrected chi connectivity index (χ3v) is 4.28. The molecule has 0 amide bonds. The fraction of sp³-hybridized carbons (Fsp3) is 0.571. The summed E-state index contributed by atoms with van der Waals surface area (Å²) in [5.41, 5.74) is 1.00. The minimum absolute atomic E-state index is 0.594. The van der Waals surface area contributed by atoms with Gasteiger partial charge in [-0.25, -0.2) is 0 Å². The average molecular weight is 292 g/mol. The molecule has 1 aliphatic rings. The molecule has 5 nitrogen and oxygen atoms in total. The molecular formula is C14H20N4OS. The van der Waals surface area contributed by atoms with E-state index in [4.69, 9.17) is 4.52 Å². The van der Waals surface area contributed by atoms with Crippen LogP contribution in [0.5, 0.6) is 0 Å². The summed E-state index contributed by atoms with van der Waals surface area (Å²) in [6, 6.07) is 2.59. The van der Waals surface area contributed by atoms with E-state index in [2.05, 4.69) is 27.4 Å². The van der Waals surface area contributed by atoms with Crippen molar-refractivity contribution in [2.45, 2.75) is 31.8 Å². The van der Waals surface area contributed by atoms with Crippen LogP contribution < -0.4 is 5.32 Å². The van der Waals surface area contributed by atoms with E-state index in [1.54, 1.807) is 11.3 Å². The zero-order valence-electron chi connectivity index (χ0n) is 11.7. The van der Waals surface area contributed by atoms with Gasteiger partial charge in [0.05, 0.1) is 12.1 Å². The molecule has 1 atom stereocenters. The van der Waals surface area contributed by atoms with Gasteiger partial charge < -0.3 is 9.84 Å². The molecule has 20 heavy (non-hydrogen) atoms. The van der Waals surface area contributed by atoms with E-state index in [1.165, 1.54) is 19.3 Å². The second-order valence-electron chi connectivity index (χ2n) is 5.37. The van der Waals surface area contributed by atoms with Crippen molar-refractivity contribution in [3.05, 3.63) is 22.7 Å². The van der Waals surface area contributed by atoms with Crippen LogP contribution in [0.1, 0.15) is 25.1 Å². The quantitative estimate of drug-likeness (QED) is 0.917. The topological polar surface area (TPSA) is 54.2 Å². The van der Waals surface area contributed by atoms with Gasteiger partial charge in [-0.2, -0.15) is 16.3 Å². The number of nitrogens with one attached hydrogen (secondary N) is 1. The molecule has 0 spiro atoms. The number of aromatic nitrogens is 2. The monoisotopic (exact) mass is 292 g/mol. The van der Waals surface area contributed by atoms with Crippen LogP contribution in [0, 0.1) is 0 Å². The van der Waals surface area contributed by atoms with Gasteiger partial charge in [0.15, 0.2) is 5.82 Å². The van der Waals surface area contributed by atoms with E-state index in [0.717, 1.165) is 31.0 Å². The number of hydrogen-bond acceptors (Lipinski definition) is 6. The summed E-state index contributed by atoms with van der Waals surface area (Å²) in [5.74, 6) is 1.37. The molecule has 6 heteroatoms. The molecule has 1 aliphatic heterocycles. The lowest BCUT2D eigenvalue weighted by Gasteiger charge is -2.27. The van der Waals surface area contributed by atoms with Crippen LogP contribution in [-0.2, 0) is 6.54 Å². The molecule has 1 unspecified atom stereocenters. The number of rotatable bonds is 5. The fourth-order valence-electron chi connectivity index (χ4n) is 2.58. The largest absolute Gasteiger partial charge is 0.334 e. The first-order chi connectivity index (χ1) is 9.81. The highest BCUT2D eigenvalue weighted by Gasteiger charge is 2.16. The van der Waals surface area contributed by atoms with Crippen LogP contribution in [0.4, 0.5) is 0 Å². The Bertz CT molecular complexity index is 519. The molecule has 3 rings (SSSR count). The smallest absolute Gasteiger partial charge is 0.258 e. The summed E-state index contributed by atoms with van der Waals surface area (Å²) in [6.45, 7) is 2.90. The van der Waals surface area contributed by atoms with E-state index in [-0.39, 0.29) is 0 Å². The summed E-state index contributed by atoms with van der Waals surface area (Å²) < 4.78 is 5.30. The molecule has 0 saturated carbocycles. The molecule has 2 aromatic heterocycles. The standard InChI is InChI=1S/C14H20N4OS/c1-18(8-12-4-2-3-6-15-12)9-13-16-14(19-17-13)11-5-7-20-10-11/h5,7,10,12,15H,2-4,6,8-9H2,1H3. The Balaban J connectivity index is 1.54. The Morgan fingerprint density at radius 2 is 2.45 bits per heavy atom. The first-order valence-electron chi connectivity index (χ1n) is 7.08. The lowest BCUT2D eigenvalue weighted by molar-refractivity contribution is 0.249. The molecule has 2 aromatic rings. The van der Waals surface area contributed by atoms with Crippen molar-refractivity contribution in [1.29, 1.82) is 0 Å². The van der Waals surface area contributed by atoms with Gasteiger partial charge in [0.1, 0.15) is 0 Å². The Morgan fingerprint density at radius 1 is 1.50 bits per heavy atom. The minimum Gasteiger partial charge on any atom is -0.334 e. The van der Waals surface area contributed by atoms with Crippen LogP contribution in [0.2, 0.25) is 0 Å². The molecule has 0 aliphatic carbocycles. The lowest BCUT2D eigenvalue weighted by atomic mass is 10.0. The van der Waals surface area contributed by atoms with Crippen LogP contribution >= 0.6 is 11.3 Å². The molecule has 1 fully saturated rings. The second kappa shape index (κ2) is 6.47. The van der Waals surface area contributed by atoms with Crippen molar-refractivity contribution >= 4 is 11.3 Å². The predicted octanol–water partition coefficient (Wildman–Crippen LogP) is 2.37. The molecule has 1 saturated heterocycles. The highest BCUT2D eigenvalue weighted by Crippen LogP contribution is 2.20. The van der Waals surface area contributed by atoms with E-state index in [9.17, 15) is 0 Å². The summed E-state index contributed by atoms with van der Waals surface area (Å²) in [4.78, 5) is 6.71. The molecule has 0 bridgehead atoms. The van der Waals surface area contributed by atoms with Crippen LogP contribution in [0.25, 0.3) is 11.5 Å². The Hall–Kier alpha value is -1.24. The molecule has 1 N–H and O–H groups in total. The first kappa shape index (κ1) is 13.7. The zero-order valence-corrected chi connectivity index (χ0v) is 12.5. The van der Waals surface area contributed by atoms with E-state index in [0.29, 0.717) is 11.9 Å². The van der Waals surface area contributed by atoms with Crippen molar-refractivity contribution in [2.24, 2.45) is 0 Å². The molecular weight excluding hydrogens is 272 g/mol. The van der Waals surface area contributed by atoms with Gasteiger partial charge in [0.2, 0.25) is 0 Å². The number of nitrogens with zero attached hydrogens (tertiary/aromatic N) is 3. The third-order valence-electron chi connectivity index (χ3n) is 3.59. The lowest BCUT2D eigenvalue weighted by Crippen LogP contribution is -2.42. The number of piperidine rings is 1. The van der Waals surface area contributed by atoms with Gasteiger partial charge in [-0.15, -0.1) is 0 Å². The average Bonchev–Trinajstić information content (AvgIpc) is 3.10. The number of hydrogen-bond donors (Lipinski definition) is 1. The van der Waals surface area contributed by atoms with Crippen LogP contribution in [0.15, 0.2) is 21.3 Å². The van der Waals surface area contributed by atoms with E-state index in [1.807, 2.05) is 16.8 Å². The van der Waals surface area contributed by atoms with Crippen LogP contribution in [0.3, 0.4) is 0 Å². The summed E-state index contributed by atoms with van der Waals surface area (Å²) in [5, 5.41) is 11.7.